The summed E-state index contributed by atoms with van der Waals surface area (Å²) in [5.41, 5.74) is 1.86. The Labute approximate surface area is 105 Å². The zero-order chi connectivity index (χ0) is 13.0. The normalized spacial score (nSPS) is 10.1. The molecular formula is C15H13FO2. The minimum absolute atomic E-state index is 0.0134. The van der Waals surface area contributed by atoms with Gasteiger partial charge in [0.25, 0.3) is 0 Å². The highest BCUT2D eigenvalue weighted by atomic mass is 19.1. The Morgan fingerprint density at radius 3 is 2.61 bits per heavy atom. The zero-order valence-electron chi connectivity index (χ0n) is 10.0. The van der Waals surface area contributed by atoms with Gasteiger partial charge in [0, 0.05) is 0 Å². The van der Waals surface area contributed by atoms with Crippen LogP contribution in [0.4, 0.5) is 4.39 Å². The topological polar surface area (TPSA) is 26.3 Å². The highest BCUT2D eigenvalue weighted by molar-refractivity contribution is 5.79. The molecule has 0 bridgehead atoms. The third-order valence-electron chi connectivity index (χ3n) is 2.57. The van der Waals surface area contributed by atoms with E-state index in [0.717, 1.165) is 5.56 Å². The van der Waals surface area contributed by atoms with Gasteiger partial charge in [0.15, 0.2) is 17.9 Å². The van der Waals surface area contributed by atoms with Crippen molar-refractivity contribution < 1.29 is 13.9 Å². The van der Waals surface area contributed by atoms with Crippen LogP contribution in [0.3, 0.4) is 0 Å². The fourth-order valence-electron chi connectivity index (χ4n) is 1.73. The molecule has 92 valence electrons. The molecule has 0 saturated carbocycles. The SMILES string of the molecule is Cc1cc(F)c(OCc2ccccc2)c(C=O)c1. The third-order valence-corrected chi connectivity index (χ3v) is 2.57. The summed E-state index contributed by atoms with van der Waals surface area (Å²) < 4.78 is 19.1. The first-order valence-electron chi connectivity index (χ1n) is 5.63. The number of carbonyl (C=O) groups excluding carboxylic acids is 1. The summed E-state index contributed by atoms with van der Waals surface area (Å²) in [5.74, 6) is -0.493. The van der Waals surface area contributed by atoms with Gasteiger partial charge in [-0.05, 0) is 30.2 Å². The summed E-state index contributed by atoms with van der Waals surface area (Å²) >= 11 is 0. The Kier molecular flexibility index (Phi) is 3.72. The van der Waals surface area contributed by atoms with Crippen LogP contribution in [0, 0.1) is 12.7 Å². The molecule has 0 amide bonds. The van der Waals surface area contributed by atoms with Crippen molar-refractivity contribution in [1.29, 1.82) is 0 Å². The molecule has 0 fully saturated rings. The van der Waals surface area contributed by atoms with E-state index in [1.807, 2.05) is 30.3 Å². The molecule has 2 aromatic rings. The van der Waals surface area contributed by atoms with Gasteiger partial charge in [-0.15, -0.1) is 0 Å². The van der Waals surface area contributed by atoms with E-state index in [9.17, 15) is 9.18 Å². The van der Waals surface area contributed by atoms with Gasteiger partial charge in [-0.3, -0.25) is 4.79 Å². The van der Waals surface area contributed by atoms with Crippen molar-refractivity contribution >= 4 is 6.29 Å². The number of hydrogen-bond donors (Lipinski definition) is 0. The van der Waals surface area contributed by atoms with Crippen molar-refractivity contribution in [2.24, 2.45) is 0 Å². The summed E-state index contributed by atoms with van der Waals surface area (Å²) in [6, 6.07) is 12.4. The molecule has 0 aromatic heterocycles. The summed E-state index contributed by atoms with van der Waals surface area (Å²) in [5, 5.41) is 0. The van der Waals surface area contributed by atoms with Crippen LogP contribution in [0.25, 0.3) is 0 Å². The number of rotatable bonds is 4. The molecule has 18 heavy (non-hydrogen) atoms. The third kappa shape index (κ3) is 2.74. The second kappa shape index (κ2) is 5.45. The summed E-state index contributed by atoms with van der Waals surface area (Å²) in [7, 11) is 0. The molecule has 0 aliphatic rings. The predicted molar refractivity (Wildman–Crippen MR) is 67.3 cm³/mol. The highest BCUT2D eigenvalue weighted by Crippen LogP contribution is 2.24. The molecule has 0 spiro atoms. The zero-order valence-corrected chi connectivity index (χ0v) is 10.0. The molecule has 0 heterocycles. The standard InChI is InChI=1S/C15H13FO2/c1-11-7-13(9-17)15(14(16)8-11)18-10-12-5-3-2-4-6-12/h2-9H,10H2,1H3. The van der Waals surface area contributed by atoms with Crippen molar-refractivity contribution in [3.63, 3.8) is 0 Å². The second-order valence-electron chi connectivity index (χ2n) is 4.06. The van der Waals surface area contributed by atoms with Crippen LogP contribution < -0.4 is 4.74 Å². The van der Waals surface area contributed by atoms with Crippen molar-refractivity contribution in [3.8, 4) is 5.75 Å². The van der Waals surface area contributed by atoms with Gasteiger partial charge in [-0.1, -0.05) is 30.3 Å². The van der Waals surface area contributed by atoms with Gasteiger partial charge in [-0.25, -0.2) is 4.39 Å². The van der Waals surface area contributed by atoms with Crippen LogP contribution in [0.5, 0.6) is 5.75 Å². The van der Waals surface area contributed by atoms with Crippen LogP contribution in [0.2, 0.25) is 0 Å². The molecule has 0 N–H and O–H groups in total. The number of ether oxygens (including phenoxy) is 1. The van der Waals surface area contributed by atoms with Crippen molar-refractivity contribution in [3.05, 3.63) is 65.0 Å². The van der Waals surface area contributed by atoms with E-state index in [2.05, 4.69) is 0 Å². The first-order chi connectivity index (χ1) is 8.70. The van der Waals surface area contributed by atoms with Crippen molar-refractivity contribution in [2.45, 2.75) is 13.5 Å². The summed E-state index contributed by atoms with van der Waals surface area (Å²) in [6.07, 6.45) is 0.608. The Balaban J connectivity index is 2.21. The van der Waals surface area contributed by atoms with E-state index < -0.39 is 5.82 Å². The molecule has 2 nitrogen and oxygen atoms in total. The first kappa shape index (κ1) is 12.3. The Bertz CT molecular complexity index is 550. The maximum absolute atomic E-state index is 13.7. The summed E-state index contributed by atoms with van der Waals surface area (Å²) in [6.45, 7) is 1.97. The number of benzene rings is 2. The fourth-order valence-corrected chi connectivity index (χ4v) is 1.73. The average molecular weight is 244 g/mol. The number of aryl methyl sites for hydroxylation is 1. The number of aldehydes is 1. The van der Waals surface area contributed by atoms with Gasteiger partial charge in [0.1, 0.15) is 6.61 Å². The van der Waals surface area contributed by atoms with E-state index in [1.54, 1.807) is 13.0 Å². The Morgan fingerprint density at radius 2 is 1.94 bits per heavy atom. The largest absolute Gasteiger partial charge is 0.485 e. The van der Waals surface area contributed by atoms with E-state index in [1.165, 1.54) is 6.07 Å². The Hall–Kier alpha value is -2.16. The van der Waals surface area contributed by atoms with Gasteiger partial charge in [0.2, 0.25) is 0 Å². The maximum Gasteiger partial charge on any atom is 0.166 e. The van der Waals surface area contributed by atoms with Crippen LogP contribution in [-0.2, 0) is 6.61 Å². The highest BCUT2D eigenvalue weighted by Gasteiger charge is 2.11. The van der Waals surface area contributed by atoms with Crippen molar-refractivity contribution in [2.75, 3.05) is 0 Å². The second-order valence-corrected chi connectivity index (χ2v) is 4.06. The molecule has 0 unspecified atom stereocenters. The van der Waals surface area contributed by atoms with Gasteiger partial charge in [-0.2, -0.15) is 0 Å². The maximum atomic E-state index is 13.7. The van der Waals surface area contributed by atoms with E-state index in [-0.39, 0.29) is 17.9 Å². The minimum atomic E-state index is -0.506. The van der Waals surface area contributed by atoms with Gasteiger partial charge >= 0.3 is 0 Å². The lowest BCUT2D eigenvalue weighted by Gasteiger charge is -2.10. The number of carbonyl (C=O) groups is 1. The van der Waals surface area contributed by atoms with Crippen LogP contribution in [0.1, 0.15) is 21.5 Å². The molecule has 0 atom stereocenters. The Morgan fingerprint density at radius 1 is 1.22 bits per heavy atom. The van der Waals surface area contributed by atoms with Crippen LogP contribution in [0.15, 0.2) is 42.5 Å². The summed E-state index contributed by atoms with van der Waals surface area (Å²) in [4.78, 5) is 10.9. The van der Waals surface area contributed by atoms with Gasteiger partial charge in [0.05, 0.1) is 5.56 Å². The lowest BCUT2D eigenvalue weighted by atomic mass is 10.1. The fraction of sp³-hybridized carbons (Fsp3) is 0.133. The number of hydrogen-bond acceptors (Lipinski definition) is 2. The van der Waals surface area contributed by atoms with E-state index in [0.29, 0.717) is 11.8 Å². The molecule has 2 rings (SSSR count). The number of halogens is 1. The molecular weight excluding hydrogens is 231 g/mol. The first-order valence-corrected chi connectivity index (χ1v) is 5.63. The quantitative estimate of drug-likeness (QED) is 0.769. The molecule has 0 aliphatic heterocycles. The monoisotopic (exact) mass is 244 g/mol. The smallest absolute Gasteiger partial charge is 0.166 e. The minimum Gasteiger partial charge on any atom is -0.485 e. The molecule has 0 saturated heterocycles. The molecule has 0 radical (unpaired) electrons. The van der Waals surface area contributed by atoms with Gasteiger partial charge < -0.3 is 4.74 Å². The lowest BCUT2D eigenvalue weighted by Crippen LogP contribution is -2.01. The predicted octanol–water partition coefficient (Wildman–Crippen LogP) is 3.53. The van der Waals surface area contributed by atoms with E-state index in [4.69, 9.17) is 4.74 Å². The van der Waals surface area contributed by atoms with E-state index >= 15 is 0 Å². The lowest BCUT2D eigenvalue weighted by molar-refractivity contribution is 0.111. The van der Waals surface area contributed by atoms with Crippen LogP contribution >= 0.6 is 0 Å². The average Bonchev–Trinajstić information content (AvgIpc) is 2.38. The molecule has 2 aromatic carbocycles. The molecule has 3 heteroatoms. The van der Waals surface area contributed by atoms with Crippen LogP contribution in [-0.4, -0.2) is 6.29 Å². The van der Waals surface area contributed by atoms with Crippen molar-refractivity contribution in [1.82, 2.24) is 0 Å². The molecule has 0 aliphatic carbocycles.